The number of thiazole rings is 1. The SMILES string of the molecule is Fc1ccc(Nc2nc(-c3ccccn3)cs2)nc1. The molecule has 0 amide bonds. The first-order valence-corrected chi connectivity index (χ1v) is 6.45. The van der Waals surface area contributed by atoms with Crippen molar-refractivity contribution < 1.29 is 4.39 Å². The predicted molar refractivity (Wildman–Crippen MR) is 72.8 cm³/mol. The fourth-order valence-corrected chi connectivity index (χ4v) is 2.23. The van der Waals surface area contributed by atoms with E-state index in [1.54, 1.807) is 12.3 Å². The van der Waals surface area contributed by atoms with Gasteiger partial charge in [-0.15, -0.1) is 11.3 Å². The van der Waals surface area contributed by atoms with Crippen molar-refractivity contribution in [1.29, 1.82) is 0 Å². The van der Waals surface area contributed by atoms with Crippen molar-refractivity contribution >= 4 is 22.3 Å². The van der Waals surface area contributed by atoms with E-state index in [4.69, 9.17) is 0 Å². The van der Waals surface area contributed by atoms with Gasteiger partial charge in [0.15, 0.2) is 5.13 Å². The highest BCUT2D eigenvalue weighted by Gasteiger charge is 2.05. The van der Waals surface area contributed by atoms with Crippen LogP contribution in [0.5, 0.6) is 0 Å². The maximum atomic E-state index is 12.7. The second kappa shape index (κ2) is 5.11. The molecule has 6 heteroatoms. The molecule has 3 aromatic heterocycles. The van der Waals surface area contributed by atoms with Gasteiger partial charge in [-0.2, -0.15) is 0 Å². The van der Waals surface area contributed by atoms with Gasteiger partial charge in [0, 0.05) is 11.6 Å². The van der Waals surface area contributed by atoms with Crippen LogP contribution in [-0.4, -0.2) is 15.0 Å². The summed E-state index contributed by atoms with van der Waals surface area (Å²) >= 11 is 1.45. The lowest BCUT2D eigenvalue weighted by Gasteiger charge is -2.00. The highest BCUT2D eigenvalue weighted by molar-refractivity contribution is 7.14. The van der Waals surface area contributed by atoms with Gasteiger partial charge in [0.2, 0.25) is 0 Å². The molecule has 19 heavy (non-hydrogen) atoms. The average molecular weight is 272 g/mol. The monoisotopic (exact) mass is 272 g/mol. The van der Waals surface area contributed by atoms with Gasteiger partial charge < -0.3 is 5.32 Å². The number of rotatable bonds is 3. The molecule has 0 spiro atoms. The maximum Gasteiger partial charge on any atom is 0.188 e. The van der Waals surface area contributed by atoms with Crippen molar-refractivity contribution in [3.63, 3.8) is 0 Å². The lowest BCUT2D eigenvalue weighted by Crippen LogP contribution is -1.93. The number of nitrogens with one attached hydrogen (secondary N) is 1. The summed E-state index contributed by atoms with van der Waals surface area (Å²) in [7, 11) is 0. The Morgan fingerprint density at radius 2 is 2.00 bits per heavy atom. The molecule has 3 aromatic rings. The average Bonchev–Trinajstić information content (AvgIpc) is 2.91. The lowest BCUT2D eigenvalue weighted by molar-refractivity contribution is 0.622. The van der Waals surface area contributed by atoms with E-state index in [-0.39, 0.29) is 5.82 Å². The van der Waals surface area contributed by atoms with E-state index in [1.807, 2.05) is 23.6 Å². The summed E-state index contributed by atoms with van der Waals surface area (Å²) in [6.45, 7) is 0. The Kier molecular flexibility index (Phi) is 3.16. The summed E-state index contributed by atoms with van der Waals surface area (Å²) in [5.74, 6) is 0.196. The Hall–Kier alpha value is -2.34. The van der Waals surface area contributed by atoms with Crippen LogP contribution in [0.3, 0.4) is 0 Å². The lowest BCUT2D eigenvalue weighted by atomic mass is 10.3. The first-order valence-electron chi connectivity index (χ1n) is 5.57. The summed E-state index contributed by atoms with van der Waals surface area (Å²) in [4.78, 5) is 12.6. The molecule has 0 aliphatic carbocycles. The molecule has 0 aromatic carbocycles. The predicted octanol–water partition coefficient (Wildman–Crippen LogP) is 3.48. The Labute approximate surface area is 113 Å². The van der Waals surface area contributed by atoms with Crippen LogP contribution in [0.15, 0.2) is 48.1 Å². The van der Waals surface area contributed by atoms with Crippen LogP contribution in [-0.2, 0) is 0 Å². The van der Waals surface area contributed by atoms with Crippen LogP contribution < -0.4 is 5.32 Å². The Balaban J connectivity index is 1.80. The summed E-state index contributed by atoms with van der Waals surface area (Å²) < 4.78 is 12.7. The fraction of sp³-hybridized carbons (Fsp3) is 0. The van der Waals surface area contributed by atoms with E-state index >= 15 is 0 Å². The van der Waals surface area contributed by atoms with Crippen molar-refractivity contribution in [2.24, 2.45) is 0 Å². The van der Waals surface area contributed by atoms with Gasteiger partial charge in [-0.25, -0.2) is 14.4 Å². The summed E-state index contributed by atoms with van der Waals surface area (Å²) in [6.07, 6.45) is 2.89. The van der Waals surface area contributed by atoms with Crippen molar-refractivity contribution in [1.82, 2.24) is 15.0 Å². The van der Waals surface area contributed by atoms with Gasteiger partial charge in [-0.05, 0) is 24.3 Å². The van der Waals surface area contributed by atoms with Crippen LogP contribution >= 0.6 is 11.3 Å². The third-order valence-corrected chi connectivity index (χ3v) is 3.15. The minimum Gasteiger partial charge on any atom is -0.316 e. The van der Waals surface area contributed by atoms with Crippen LogP contribution in [0.2, 0.25) is 0 Å². The number of anilines is 2. The molecule has 0 saturated carbocycles. The van der Waals surface area contributed by atoms with Crippen LogP contribution in [0.25, 0.3) is 11.4 Å². The van der Waals surface area contributed by atoms with E-state index in [9.17, 15) is 4.39 Å². The van der Waals surface area contributed by atoms with Crippen molar-refractivity contribution in [2.75, 3.05) is 5.32 Å². The quantitative estimate of drug-likeness (QED) is 0.793. The summed E-state index contributed by atoms with van der Waals surface area (Å²) in [5.41, 5.74) is 1.62. The third kappa shape index (κ3) is 2.74. The fourth-order valence-electron chi connectivity index (χ4n) is 1.52. The van der Waals surface area contributed by atoms with Gasteiger partial charge >= 0.3 is 0 Å². The molecule has 0 fully saturated rings. The highest BCUT2D eigenvalue weighted by atomic mass is 32.1. The molecule has 0 unspecified atom stereocenters. The number of aromatic nitrogens is 3. The van der Waals surface area contributed by atoms with Crippen LogP contribution in [0, 0.1) is 5.82 Å². The normalized spacial score (nSPS) is 10.4. The van der Waals surface area contributed by atoms with Gasteiger partial charge in [0.05, 0.1) is 11.9 Å². The van der Waals surface area contributed by atoms with E-state index in [2.05, 4.69) is 20.3 Å². The third-order valence-electron chi connectivity index (χ3n) is 2.39. The topological polar surface area (TPSA) is 50.7 Å². The molecule has 0 radical (unpaired) electrons. The molecule has 4 nitrogen and oxygen atoms in total. The molecule has 3 heterocycles. The number of nitrogens with zero attached hydrogens (tertiary/aromatic N) is 3. The van der Waals surface area contributed by atoms with Crippen LogP contribution in [0.4, 0.5) is 15.3 Å². The molecule has 3 rings (SSSR count). The van der Waals surface area contributed by atoms with E-state index < -0.39 is 0 Å². The number of pyridine rings is 2. The standard InChI is InChI=1S/C13H9FN4S/c14-9-4-5-12(16-7-9)18-13-17-11(8-19-13)10-3-1-2-6-15-10/h1-8H,(H,16,17,18). The van der Waals surface area contributed by atoms with Gasteiger partial charge in [-0.1, -0.05) is 6.07 Å². The minimum atomic E-state index is -0.362. The summed E-state index contributed by atoms with van der Waals surface area (Å²) in [5, 5.41) is 5.63. The first kappa shape index (κ1) is 11.7. The molecule has 0 aliphatic heterocycles. The number of halogens is 1. The maximum absolute atomic E-state index is 12.7. The smallest absolute Gasteiger partial charge is 0.188 e. The van der Waals surface area contributed by atoms with Gasteiger partial charge in [0.1, 0.15) is 17.3 Å². The minimum absolute atomic E-state index is 0.362. The Morgan fingerprint density at radius 3 is 2.74 bits per heavy atom. The van der Waals surface area contributed by atoms with E-state index in [0.717, 1.165) is 17.6 Å². The summed E-state index contributed by atoms with van der Waals surface area (Å²) in [6, 6.07) is 8.59. The second-order valence-corrected chi connectivity index (χ2v) is 4.60. The molecule has 1 N–H and O–H groups in total. The number of hydrogen-bond acceptors (Lipinski definition) is 5. The molecular weight excluding hydrogens is 263 g/mol. The van der Waals surface area contributed by atoms with E-state index in [0.29, 0.717) is 10.9 Å². The van der Waals surface area contributed by atoms with Gasteiger partial charge in [-0.3, -0.25) is 4.98 Å². The molecule has 0 saturated heterocycles. The molecular formula is C13H9FN4S. The second-order valence-electron chi connectivity index (χ2n) is 3.74. The van der Waals surface area contributed by atoms with Crippen molar-refractivity contribution in [2.45, 2.75) is 0 Å². The highest BCUT2D eigenvalue weighted by Crippen LogP contribution is 2.25. The molecule has 94 valence electrons. The van der Waals surface area contributed by atoms with Crippen molar-refractivity contribution in [3.05, 3.63) is 53.9 Å². The van der Waals surface area contributed by atoms with E-state index in [1.165, 1.54) is 17.4 Å². The molecule has 0 aliphatic rings. The van der Waals surface area contributed by atoms with Crippen molar-refractivity contribution in [3.8, 4) is 11.4 Å². The molecule has 0 bridgehead atoms. The zero-order chi connectivity index (χ0) is 13.1. The first-order chi connectivity index (χ1) is 9.31. The zero-order valence-electron chi connectivity index (χ0n) is 9.75. The van der Waals surface area contributed by atoms with Gasteiger partial charge in [0.25, 0.3) is 0 Å². The largest absolute Gasteiger partial charge is 0.316 e. The zero-order valence-corrected chi connectivity index (χ0v) is 10.6. The Bertz CT molecular complexity index is 667. The molecule has 0 atom stereocenters. The number of hydrogen-bond donors (Lipinski definition) is 1. The Morgan fingerprint density at radius 1 is 1.05 bits per heavy atom. The van der Waals surface area contributed by atoms with Crippen LogP contribution in [0.1, 0.15) is 0 Å².